The van der Waals surface area contributed by atoms with E-state index in [0.29, 0.717) is 0 Å². The molecule has 0 fully saturated rings. The molecule has 0 radical (unpaired) electrons. The summed E-state index contributed by atoms with van der Waals surface area (Å²) in [5.74, 6) is -0.287. The summed E-state index contributed by atoms with van der Waals surface area (Å²) < 4.78 is 6.46. The third-order valence-corrected chi connectivity index (χ3v) is 5.88. The Kier molecular flexibility index (Phi) is 6.98. The molecule has 0 aliphatic carbocycles. The van der Waals surface area contributed by atoms with Gasteiger partial charge in [0.2, 0.25) is 0 Å². The molecule has 0 aliphatic rings. The van der Waals surface area contributed by atoms with Crippen molar-refractivity contribution in [2.45, 2.75) is 11.5 Å². The molecule has 1 amide bonds. The zero-order valence-electron chi connectivity index (χ0n) is 18.7. The molecule has 0 bridgehead atoms. The van der Waals surface area contributed by atoms with Gasteiger partial charge in [-0.25, -0.2) is 10.0 Å². The SMILES string of the molecule is CON(C)C(=O)COC(c1cnc[nH]1)C(c1ccccc1)(c1ccccc1)c1ccccc1. The van der Waals surface area contributed by atoms with Gasteiger partial charge in [-0.05, 0) is 16.7 Å². The molecule has 1 aromatic heterocycles. The molecule has 0 saturated carbocycles. The van der Waals surface area contributed by atoms with Crippen LogP contribution in [0.1, 0.15) is 28.5 Å². The molecule has 33 heavy (non-hydrogen) atoms. The van der Waals surface area contributed by atoms with Gasteiger partial charge in [0.05, 0.1) is 30.7 Å². The van der Waals surface area contributed by atoms with Gasteiger partial charge in [0, 0.05) is 7.05 Å². The Hall–Kier alpha value is -3.74. The van der Waals surface area contributed by atoms with Crippen LogP contribution in [0.2, 0.25) is 0 Å². The van der Waals surface area contributed by atoms with Crippen LogP contribution in [0.15, 0.2) is 104 Å². The number of ether oxygens (including phenoxy) is 1. The Morgan fingerprint density at radius 3 is 1.79 bits per heavy atom. The number of H-pyrrole nitrogens is 1. The van der Waals surface area contributed by atoms with Crippen LogP contribution >= 0.6 is 0 Å². The molecule has 3 aromatic carbocycles. The summed E-state index contributed by atoms with van der Waals surface area (Å²) >= 11 is 0. The van der Waals surface area contributed by atoms with Crippen molar-refractivity contribution < 1.29 is 14.4 Å². The van der Waals surface area contributed by atoms with Gasteiger partial charge in [0.1, 0.15) is 12.7 Å². The largest absolute Gasteiger partial charge is 0.360 e. The maximum Gasteiger partial charge on any atom is 0.271 e. The molecule has 0 saturated heterocycles. The average Bonchev–Trinajstić information content (AvgIpc) is 3.42. The molecule has 6 heteroatoms. The second-order valence-electron chi connectivity index (χ2n) is 7.68. The minimum absolute atomic E-state index is 0.164. The number of carbonyl (C=O) groups excluding carboxylic acids is 1. The number of likely N-dealkylation sites (N-methyl/N-ethyl adjacent to an activating group) is 1. The number of benzene rings is 3. The minimum Gasteiger partial charge on any atom is -0.360 e. The van der Waals surface area contributed by atoms with Crippen molar-refractivity contribution in [3.05, 3.63) is 126 Å². The predicted octanol–water partition coefficient (Wildman–Crippen LogP) is 4.52. The van der Waals surface area contributed by atoms with Gasteiger partial charge in [-0.15, -0.1) is 0 Å². The zero-order chi connectivity index (χ0) is 23.1. The maximum atomic E-state index is 12.6. The Labute approximate surface area is 193 Å². The van der Waals surface area contributed by atoms with E-state index in [1.54, 1.807) is 19.6 Å². The second kappa shape index (κ2) is 10.3. The highest BCUT2D eigenvalue weighted by atomic mass is 16.7. The van der Waals surface area contributed by atoms with E-state index in [1.807, 2.05) is 54.6 Å². The first-order valence-corrected chi connectivity index (χ1v) is 10.7. The fourth-order valence-electron chi connectivity index (χ4n) is 4.26. The van der Waals surface area contributed by atoms with Crippen molar-refractivity contribution in [3.8, 4) is 0 Å². The van der Waals surface area contributed by atoms with Crippen LogP contribution in [0.25, 0.3) is 0 Å². The fraction of sp³-hybridized carbons (Fsp3) is 0.185. The Balaban J connectivity index is 1.97. The summed E-state index contributed by atoms with van der Waals surface area (Å²) in [6.07, 6.45) is 2.79. The summed E-state index contributed by atoms with van der Waals surface area (Å²) in [6, 6.07) is 30.6. The third-order valence-electron chi connectivity index (χ3n) is 5.88. The average molecular weight is 442 g/mol. The summed E-state index contributed by atoms with van der Waals surface area (Å²) in [5, 5.41) is 1.17. The smallest absolute Gasteiger partial charge is 0.271 e. The van der Waals surface area contributed by atoms with Crippen molar-refractivity contribution in [2.75, 3.05) is 20.8 Å². The molecule has 4 rings (SSSR count). The van der Waals surface area contributed by atoms with Gasteiger partial charge >= 0.3 is 0 Å². The monoisotopic (exact) mass is 441 g/mol. The van der Waals surface area contributed by atoms with Crippen molar-refractivity contribution in [1.82, 2.24) is 15.0 Å². The zero-order valence-corrected chi connectivity index (χ0v) is 18.7. The summed E-state index contributed by atoms with van der Waals surface area (Å²) in [4.78, 5) is 25.2. The molecule has 6 nitrogen and oxygen atoms in total. The first-order valence-electron chi connectivity index (χ1n) is 10.7. The van der Waals surface area contributed by atoms with E-state index in [0.717, 1.165) is 22.4 Å². The van der Waals surface area contributed by atoms with E-state index >= 15 is 0 Å². The van der Waals surface area contributed by atoms with E-state index in [-0.39, 0.29) is 12.5 Å². The van der Waals surface area contributed by atoms with Gasteiger partial charge in [-0.3, -0.25) is 9.63 Å². The first kappa shape index (κ1) is 22.5. The molecular formula is C27H27N3O3. The number of rotatable bonds is 9. The molecule has 1 N–H and O–H groups in total. The fourth-order valence-corrected chi connectivity index (χ4v) is 4.26. The van der Waals surface area contributed by atoms with Crippen LogP contribution in [0.5, 0.6) is 0 Å². The van der Waals surface area contributed by atoms with Crippen LogP contribution in [-0.4, -0.2) is 41.7 Å². The highest BCUT2D eigenvalue weighted by molar-refractivity contribution is 5.76. The van der Waals surface area contributed by atoms with Crippen molar-refractivity contribution >= 4 is 5.91 Å². The quantitative estimate of drug-likeness (QED) is 0.306. The molecule has 4 aromatic rings. The van der Waals surface area contributed by atoms with Crippen molar-refractivity contribution in [3.63, 3.8) is 0 Å². The lowest BCUT2D eigenvalue weighted by Crippen LogP contribution is -2.40. The van der Waals surface area contributed by atoms with Crippen LogP contribution in [0.3, 0.4) is 0 Å². The van der Waals surface area contributed by atoms with Crippen LogP contribution in [0.4, 0.5) is 0 Å². The van der Waals surface area contributed by atoms with E-state index in [4.69, 9.17) is 9.57 Å². The molecule has 1 heterocycles. The number of aromatic amines is 1. The van der Waals surface area contributed by atoms with E-state index in [2.05, 4.69) is 46.4 Å². The number of aromatic nitrogens is 2. The lowest BCUT2D eigenvalue weighted by molar-refractivity contribution is -0.176. The summed E-state index contributed by atoms with van der Waals surface area (Å²) in [7, 11) is 3.02. The lowest BCUT2D eigenvalue weighted by atomic mass is 9.65. The van der Waals surface area contributed by atoms with Gasteiger partial charge in [-0.1, -0.05) is 91.0 Å². The Morgan fingerprint density at radius 2 is 1.39 bits per heavy atom. The highest BCUT2D eigenvalue weighted by Crippen LogP contribution is 2.49. The number of hydrogen-bond acceptors (Lipinski definition) is 4. The molecule has 168 valence electrons. The van der Waals surface area contributed by atoms with Crippen molar-refractivity contribution in [1.29, 1.82) is 0 Å². The molecule has 0 aliphatic heterocycles. The third kappa shape index (κ3) is 4.44. The van der Waals surface area contributed by atoms with Gasteiger partial charge in [-0.2, -0.15) is 0 Å². The topological polar surface area (TPSA) is 67.4 Å². The highest BCUT2D eigenvalue weighted by Gasteiger charge is 2.46. The molecule has 0 spiro atoms. The number of nitrogens with zero attached hydrogens (tertiary/aromatic N) is 2. The first-order chi connectivity index (χ1) is 16.2. The number of imidazole rings is 1. The molecule has 1 unspecified atom stereocenters. The lowest BCUT2D eigenvalue weighted by Gasteiger charge is -2.42. The normalized spacial score (nSPS) is 12.3. The Bertz CT molecular complexity index is 1040. The van der Waals surface area contributed by atoms with Crippen LogP contribution < -0.4 is 0 Å². The van der Waals surface area contributed by atoms with E-state index in [1.165, 1.54) is 12.2 Å². The molecule has 1 atom stereocenters. The molecular weight excluding hydrogens is 414 g/mol. The minimum atomic E-state index is -0.762. The van der Waals surface area contributed by atoms with Gasteiger partial charge < -0.3 is 9.72 Å². The second-order valence-corrected chi connectivity index (χ2v) is 7.68. The van der Waals surface area contributed by atoms with Crippen molar-refractivity contribution in [2.24, 2.45) is 0 Å². The number of hydroxylamine groups is 2. The number of nitrogens with one attached hydrogen (secondary N) is 1. The number of hydrogen-bond donors (Lipinski definition) is 1. The Morgan fingerprint density at radius 1 is 0.909 bits per heavy atom. The maximum absolute atomic E-state index is 12.6. The van der Waals surface area contributed by atoms with E-state index in [9.17, 15) is 4.79 Å². The van der Waals surface area contributed by atoms with Gasteiger partial charge in [0.15, 0.2) is 0 Å². The number of carbonyl (C=O) groups is 1. The van der Waals surface area contributed by atoms with Crippen LogP contribution in [-0.2, 0) is 19.8 Å². The summed E-state index contributed by atoms with van der Waals surface area (Å²) in [5.41, 5.74) is 3.11. The number of amides is 1. The van der Waals surface area contributed by atoms with Crippen LogP contribution in [0, 0.1) is 0 Å². The van der Waals surface area contributed by atoms with Gasteiger partial charge in [0.25, 0.3) is 5.91 Å². The standard InChI is InChI=1S/C27H27N3O3/c1-30(32-2)25(31)19-33-26(24-18-28-20-29-24)27(21-12-6-3-7-13-21,22-14-8-4-9-15-22)23-16-10-5-11-17-23/h3-18,20,26H,19H2,1-2H3,(H,28,29). The summed E-state index contributed by atoms with van der Waals surface area (Å²) in [6.45, 7) is -0.164. The van der Waals surface area contributed by atoms with E-state index < -0.39 is 11.5 Å². The predicted molar refractivity (Wildman–Crippen MR) is 126 cm³/mol.